The molecule has 1 aliphatic heterocycles. The van der Waals surface area contributed by atoms with Gasteiger partial charge in [-0.05, 0) is 30.7 Å². The van der Waals surface area contributed by atoms with E-state index in [1.165, 1.54) is 33.6 Å². The van der Waals surface area contributed by atoms with E-state index in [0.29, 0.717) is 22.5 Å². The highest BCUT2D eigenvalue weighted by molar-refractivity contribution is 14.1. The van der Waals surface area contributed by atoms with Gasteiger partial charge in [-0.1, -0.05) is 48.8 Å². The molecule has 0 aromatic heterocycles. The summed E-state index contributed by atoms with van der Waals surface area (Å²) in [5.74, 6) is -0.664. The zero-order chi connectivity index (χ0) is 25.1. The van der Waals surface area contributed by atoms with E-state index in [1.54, 1.807) is 24.3 Å². The van der Waals surface area contributed by atoms with Crippen LogP contribution in [0.2, 0.25) is 0 Å². The highest BCUT2D eigenvalue weighted by atomic mass is 127. The molecule has 0 aliphatic carbocycles. The number of carbonyl (C=O) groups excluding carboxylic acids is 3. The molecule has 34 heavy (non-hydrogen) atoms. The van der Waals surface area contributed by atoms with E-state index >= 15 is 0 Å². The molecule has 1 heterocycles. The lowest BCUT2D eigenvalue weighted by atomic mass is 9.99. The topological polar surface area (TPSA) is 107 Å². The lowest BCUT2D eigenvalue weighted by Crippen LogP contribution is -2.63. The number of hydrogen-bond acceptors (Lipinski definition) is 9. The van der Waals surface area contributed by atoms with E-state index < -0.39 is 48.6 Å². The van der Waals surface area contributed by atoms with E-state index in [9.17, 15) is 14.4 Å². The zero-order valence-electron chi connectivity index (χ0n) is 20.0. The molecule has 190 valence electrons. The fraction of sp³-hybridized carbons (Fsp3) is 0.625. The molecule has 0 N–H and O–H groups in total. The van der Waals surface area contributed by atoms with Crippen molar-refractivity contribution < 1.29 is 42.8 Å². The predicted molar refractivity (Wildman–Crippen MR) is 131 cm³/mol. The van der Waals surface area contributed by atoms with Crippen molar-refractivity contribution in [1.82, 2.24) is 0 Å². The second-order valence-electron chi connectivity index (χ2n) is 7.92. The fourth-order valence-corrected chi connectivity index (χ4v) is 4.25. The van der Waals surface area contributed by atoms with Crippen LogP contribution in [0.5, 0.6) is 11.5 Å². The van der Waals surface area contributed by atoms with Crippen molar-refractivity contribution in [2.24, 2.45) is 0 Å². The van der Waals surface area contributed by atoms with Crippen LogP contribution in [-0.2, 0) is 33.3 Å². The van der Waals surface area contributed by atoms with Crippen LogP contribution >= 0.6 is 22.6 Å². The number of hydrogen-bond donors (Lipinski definition) is 0. The molecule has 5 atom stereocenters. The molecule has 0 amide bonds. The summed E-state index contributed by atoms with van der Waals surface area (Å²) in [6.45, 7) is 6.49. The van der Waals surface area contributed by atoms with Crippen molar-refractivity contribution in [3.05, 3.63) is 24.3 Å². The van der Waals surface area contributed by atoms with Crippen LogP contribution in [-0.4, -0.2) is 59.6 Å². The molecule has 0 bridgehead atoms. The molecular weight excluding hydrogens is 559 g/mol. The molecule has 1 aliphatic rings. The quantitative estimate of drug-likeness (QED) is 0.117. The number of carbonyl (C=O) groups is 3. The summed E-state index contributed by atoms with van der Waals surface area (Å²) in [4.78, 5) is 35.3. The van der Waals surface area contributed by atoms with Gasteiger partial charge in [0.1, 0.15) is 17.6 Å². The number of rotatable bonds is 12. The van der Waals surface area contributed by atoms with Crippen LogP contribution in [0.4, 0.5) is 0 Å². The van der Waals surface area contributed by atoms with Crippen molar-refractivity contribution in [3.63, 3.8) is 0 Å². The second-order valence-corrected chi connectivity index (χ2v) is 8.80. The van der Waals surface area contributed by atoms with E-state index in [-0.39, 0.29) is 0 Å². The highest BCUT2D eigenvalue weighted by Crippen LogP contribution is 2.32. The number of benzene rings is 1. The predicted octanol–water partition coefficient (Wildman–Crippen LogP) is 3.98. The maximum Gasteiger partial charge on any atom is 0.303 e. The molecule has 10 heteroatoms. The molecule has 1 aromatic rings. The molecule has 0 unspecified atom stereocenters. The third-order valence-electron chi connectivity index (χ3n) is 4.99. The van der Waals surface area contributed by atoms with Gasteiger partial charge in [0.2, 0.25) is 12.4 Å². The van der Waals surface area contributed by atoms with Gasteiger partial charge >= 0.3 is 17.9 Å². The summed E-state index contributed by atoms with van der Waals surface area (Å²) in [6.07, 6.45) is -0.500. The first-order valence-electron chi connectivity index (χ1n) is 11.4. The van der Waals surface area contributed by atoms with Crippen LogP contribution in [0.15, 0.2) is 24.3 Å². The first kappa shape index (κ1) is 28.2. The summed E-state index contributed by atoms with van der Waals surface area (Å²) in [6, 6.07) is 6.99. The average Bonchev–Trinajstić information content (AvgIpc) is 2.77. The van der Waals surface area contributed by atoms with E-state index in [1.807, 2.05) is 0 Å². The van der Waals surface area contributed by atoms with Crippen molar-refractivity contribution in [2.75, 3.05) is 11.0 Å². The minimum Gasteiger partial charge on any atom is -0.494 e. The Morgan fingerprint density at radius 3 is 1.94 bits per heavy atom. The smallest absolute Gasteiger partial charge is 0.303 e. The van der Waals surface area contributed by atoms with E-state index in [4.69, 9.17) is 28.4 Å². The third kappa shape index (κ3) is 8.94. The normalized spacial score (nSPS) is 24.1. The average molecular weight is 592 g/mol. The molecule has 0 saturated carbocycles. The van der Waals surface area contributed by atoms with Gasteiger partial charge in [0.05, 0.1) is 6.61 Å². The highest BCUT2D eigenvalue weighted by Gasteiger charge is 2.52. The molecule has 1 aromatic carbocycles. The third-order valence-corrected chi connectivity index (χ3v) is 5.86. The van der Waals surface area contributed by atoms with Crippen LogP contribution < -0.4 is 9.47 Å². The summed E-state index contributed by atoms with van der Waals surface area (Å²) in [7, 11) is 0. The Morgan fingerprint density at radius 1 is 0.824 bits per heavy atom. The Hall–Kier alpha value is -2.08. The second kappa shape index (κ2) is 14.3. The first-order valence-corrected chi connectivity index (χ1v) is 12.9. The van der Waals surface area contributed by atoms with Gasteiger partial charge in [-0.2, -0.15) is 0 Å². The standard InChI is InChI=1S/C24H33IO9/c1-5-6-7-8-13-29-18-9-11-19(12-10-18)33-24-23(32-17(4)28)22(31-16(3)27)21(30-15(2)26)20(14-25)34-24/h9-12,20-24H,5-8,13-14H2,1-4H3/t20-,21+,22+,23+,24-/m0/s1. The van der Waals surface area contributed by atoms with Gasteiger partial charge in [-0.15, -0.1) is 0 Å². The van der Waals surface area contributed by atoms with E-state index in [0.717, 1.165) is 12.8 Å². The van der Waals surface area contributed by atoms with Gasteiger partial charge in [0.15, 0.2) is 12.2 Å². The minimum atomic E-state index is -1.15. The monoisotopic (exact) mass is 592 g/mol. The minimum absolute atomic E-state index is 0.408. The Bertz CT molecular complexity index is 798. The zero-order valence-corrected chi connectivity index (χ0v) is 22.1. The lowest BCUT2D eigenvalue weighted by molar-refractivity contribution is -0.279. The van der Waals surface area contributed by atoms with Crippen molar-refractivity contribution >= 4 is 40.5 Å². The Balaban J connectivity index is 2.18. The van der Waals surface area contributed by atoms with Crippen LogP contribution in [0.3, 0.4) is 0 Å². The summed E-state index contributed by atoms with van der Waals surface area (Å²) in [5.41, 5.74) is 0. The number of esters is 3. The lowest BCUT2D eigenvalue weighted by Gasteiger charge is -2.43. The number of alkyl halides is 1. The van der Waals surface area contributed by atoms with Crippen molar-refractivity contribution in [3.8, 4) is 11.5 Å². The first-order chi connectivity index (χ1) is 16.2. The molecule has 0 spiro atoms. The van der Waals surface area contributed by atoms with E-state index in [2.05, 4.69) is 29.5 Å². The number of halogens is 1. The summed E-state index contributed by atoms with van der Waals surface area (Å²) >= 11 is 2.07. The van der Waals surface area contributed by atoms with Gasteiger partial charge in [-0.3, -0.25) is 14.4 Å². The molecule has 1 fully saturated rings. The Kier molecular flexibility index (Phi) is 11.9. The maximum absolute atomic E-state index is 11.8. The summed E-state index contributed by atoms with van der Waals surface area (Å²) < 4.78 is 34.4. The Morgan fingerprint density at radius 2 is 1.38 bits per heavy atom. The van der Waals surface area contributed by atoms with Crippen molar-refractivity contribution in [2.45, 2.75) is 84.1 Å². The molecule has 0 radical (unpaired) electrons. The molecule has 2 rings (SSSR count). The largest absolute Gasteiger partial charge is 0.494 e. The van der Waals surface area contributed by atoms with Crippen molar-refractivity contribution in [1.29, 1.82) is 0 Å². The fourth-order valence-electron chi connectivity index (χ4n) is 3.54. The van der Waals surface area contributed by atoms with Gasteiger partial charge in [0, 0.05) is 25.2 Å². The van der Waals surface area contributed by atoms with Crippen LogP contribution in [0.25, 0.3) is 0 Å². The summed E-state index contributed by atoms with van der Waals surface area (Å²) in [5, 5.41) is 0. The number of unbranched alkanes of at least 4 members (excludes halogenated alkanes) is 3. The van der Waals surface area contributed by atoms with Gasteiger partial charge in [0.25, 0.3) is 0 Å². The molecule has 9 nitrogen and oxygen atoms in total. The number of ether oxygens (including phenoxy) is 6. The van der Waals surface area contributed by atoms with Gasteiger partial charge < -0.3 is 28.4 Å². The molecule has 1 saturated heterocycles. The maximum atomic E-state index is 11.8. The van der Waals surface area contributed by atoms with Crippen LogP contribution in [0, 0.1) is 0 Å². The van der Waals surface area contributed by atoms with Gasteiger partial charge in [-0.25, -0.2) is 0 Å². The SMILES string of the molecule is CCCCCCOc1ccc(O[C@H]2O[C@@H](CI)[C@@H](OC(C)=O)[C@@H](OC(C)=O)[C@H]2OC(C)=O)cc1. The Labute approximate surface area is 213 Å². The molecular formula is C24H33IO9. The van der Waals surface area contributed by atoms with Crippen LogP contribution in [0.1, 0.15) is 53.4 Å².